The number of carbonyl (C=O) groups excluding carboxylic acids is 2. The first-order valence-electron chi connectivity index (χ1n) is 5.11. The zero-order valence-corrected chi connectivity index (χ0v) is 8.90. The molecule has 1 unspecified atom stereocenters. The third kappa shape index (κ3) is 2.72. The van der Waals surface area contributed by atoms with Gasteiger partial charge in [-0.2, -0.15) is 0 Å². The first kappa shape index (κ1) is 11.4. The summed E-state index contributed by atoms with van der Waals surface area (Å²) in [5, 5.41) is 4.87. The highest BCUT2D eigenvalue weighted by molar-refractivity contribution is 5.87. The predicted octanol–water partition coefficient (Wildman–Crippen LogP) is 0.550. The lowest BCUT2D eigenvalue weighted by atomic mass is 10.2. The van der Waals surface area contributed by atoms with Crippen LogP contribution >= 0.6 is 0 Å². The van der Waals surface area contributed by atoms with E-state index in [-0.39, 0.29) is 24.9 Å². The van der Waals surface area contributed by atoms with Crippen molar-refractivity contribution in [3.8, 4) is 0 Å². The Bertz CT molecular complexity index is 450. The fourth-order valence-electron chi connectivity index (χ4n) is 1.47. The lowest BCUT2D eigenvalue weighted by molar-refractivity contribution is -0.123. The molecule has 6 heteroatoms. The van der Waals surface area contributed by atoms with Gasteiger partial charge in [-0.05, 0) is 6.07 Å². The molecule has 0 aliphatic carbocycles. The van der Waals surface area contributed by atoms with Crippen molar-refractivity contribution in [1.82, 2.24) is 10.6 Å². The van der Waals surface area contributed by atoms with E-state index in [2.05, 4.69) is 15.4 Å². The highest BCUT2D eigenvalue weighted by atomic mass is 19.1. The molecule has 0 radical (unpaired) electrons. The van der Waals surface area contributed by atoms with Crippen LogP contribution in [0.5, 0.6) is 0 Å². The van der Waals surface area contributed by atoms with Crippen LogP contribution in [0.2, 0.25) is 0 Å². The van der Waals surface area contributed by atoms with Crippen LogP contribution in [-0.4, -0.2) is 24.6 Å². The Morgan fingerprint density at radius 2 is 2.29 bits per heavy atom. The van der Waals surface area contributed by atoms with Crippen molar-refractivity contribution in [2.75, 3.05) is 6.61 Å². The Morgan fingerprint density at radius 3 is 2.94 bits per heavy atom. The van der Waals surface area contributed by atoms with Gasteiger partial charge in [0.1, 0.15) is 18.5 Å². The molecular formula is C11H11FN2O3. The Morgan fingerprint density at radius 1 is 1.53 bits per heavy atom. The molecule has 2 rings (SSSR count). The number of benzene rings is 1. The molecule has 1 aliphatic heterocycles. The van der Waals surface area contributed by atoms with Crippen LogP contribution < -0.4 is 10.6 Å². The second-order valence-corrected chi connectivity index (χ2v) is 3.60. The second kappa shape index (κ2) is 4.82. The number of hydrogen-bond acceptors (Lipinski definition) is 3. The van der Waals surface area contributed by atoms with Crippen LogP contribution in [0.4, 0.5) is 9.18 Å². The zero-order chi connectivity index (χ0) is 12.3. The van der Waals surface area contributed by atoms with Crippen molar-refractivity contribution in [2.45, 2.75) is 12.6 Å². The molecule has 0 bridgehead atoms. The molecule has 1 heterocycles. The summed E-state index contributed by atoms with van der Waals surface area (Å²) in [4.78, 5) is 22.3. The third-order valence-electron chi connectivity index (χ3n) is 2.40. The number of nitrogens with one attached hydrogen (secondary N) is 2. The molecule has 0 aromatic heterocycles. The molecular weight excluding hydrogens is 227 g/mol. The van der Waals surface area contributed by atoms with Crippen molar-refractivity contribution in [3.63, 3.8) is 0 Å². The SMILES string of the molecule is O=C1NC(C(=O)NCc2ccccc2F)CO1. The number of rotatable bonds is 3. The normalized spacial score (nSPS) is 18.4. The quantitative estimate of drug-likeness (QED) is 0.808. The maximum Gasteiger partial charge on any atom is 0.407 e. The largest absolute Gasteiger partial charge is 0.447 e. The molecule has 1 saturated heterocycles. The van der Waals surface area contributed by atoms with Gasteiger partial charge in [0, 0.05) is 12.1 Å². The van der Waals surface area contributed by atoms with Gasteiger partial charge in [0.05, 0.1) is 0 Å². The molecule has 0 spiro atoms. The predicted molar refractivity (Wildman–Crippen MR) is 56.5 cm³/mol. The first-order valence-corrected chi connectivity index (χ1v) is 5.11. The molecule has 17 heavy (non-hydrogen) atoms. The van der Waals surface area contributed by atoms with Gasteiger partial charge in [-0.25, -0.2) is 9.18 Å². The number of amides is 2. The van der Waals surface area contributed by atoms with Crippen LogP contribution in [0.15, 0.2) is 24.3 Å². The van der Waals surface area contributed by atoms with E-state index in [0.29, 0.717) is 5.56 Å². The highest BCUT2D eigenvalue weighted by Crippen LogP contribution is 2.06. The summed E-state index contributed by atoms with van der Waals surface area (Å²) in [6.45, 7) is 0.0832. The van der Waals surface area contributed by atoms with Gasteiger partial charge in [-0.3, -0.25) is 4.79 Å². The average molecular weight is 238 g/mol. The molecule has 90 valence electrons. The summed E-state index contributed by atoms with van der Waals surface area (Å²) in [6.07, 6.45) is -0.615. The summed E-state index contributed by atoms with van der Waals surface area (Å²) in [5.41, 5.74) is 0.395. The van der Waals surface area contributed by atoms with E-state index in [1.807, 2.05) is 0 Å². The van der Waals surface area contributed by atoms with E-state index in [9.17, 15) is 14.0 Å². The molecule has 2 N–H and O–H groups in total. The van der Waals surface area contributed by atoms with E-state index >= 15 is 0 Å². The molecule has 1 atom stereocenters. The number of cyclic esters (lactones) is 1. The number of halogens is 1. The van der Waals surface area contributed by atoms with E-state index in [1.54, 1.807) is 18.2 Å². The average Bonchev–Trinajstić information content (AvgIpc) is 2.74. The van der Waals surface area contributed by atoms with Crippen LogP contribution in [0.25, 0.3) is 0 Å². The summed E-state index contributed by atoms with van der Waals surface area (Å²) in [5.74, 6) is -0.765. The highest BCUT2D eigenvalue weighted by Gasteiger charge is 2.28. The van der Waals surface area contributed by atoms with Crippen molar-refractivity contribution >= 4 is 12.0 Å². The Kier molecular flexibility index (Phi) is 3.22. The van der Waals surface area contributed by atoms with Crippen molar-refractivity contribution in [2.24, 2.45) is 0 Å². The van der Waals surface area contributed by atoms with Crippen LogP contribution in [0.1, 0.15) is 5.56 Å². The fraction of sp³-hybridized carbons (Fsp3) is 0.273. The van der Waals surface area contributed by atoms with Gasteiger partial charge in [-0.1, -0.05) is 18.2 Å². The van der Waals surface area contributed by atoms with E-state index in [4.69, 9.17) is 0 Å². The molecule has 1 aromatic rings. The minimum Gasteiger partial charge on any atom is -0.447 e. The minimum absolute atomic E-state index is 0.00192. The summed E-state index contributed by atoms with van der Waals surface area (Å²) >= 11 is 0. The van der Waals surface area contributed by atoms with Crippen molar-refractivity contribution in [3.05, 3.63) is 35.6 Å². The van der Waals surface area contributed by atoms with E-state index in [1.165, 1.54) is 6.07 Å². The van der Waals surface area contributed by atoms with Crippen LogP contribution in [0.3, 0.4) is 0 Å². The van der Waals surface area contributed by atoms with Gasteiger partial charge >= 0.3 is 6.09 Å². The van der Waals surface area contributed by atoms with Gasteiger partial charge in [-0.15, -0.1) is 0 Å². The van der Waals surface area contributed by atoms with Crippen molar-refractivity contribution < 1.29 is 18.7 Å². The molecule has 1 aliphatic rings. The van der Waals surface area contributed by atoms with Crippen molar-refractivity contribution in [1.29, 1.82) is 0 Å². The summed E-state index contributed by atoms with van der Waals surface area (Å²) in [7, 11) is 0. The van der Waals surface area contributed by atoms with E-state index < -0.39 is 12.1 Å². The minimum atomic E-state index is -0.700. The zero-order valence-electron chi connectivity index (χ0n) is 8.90. The summed E-state index contributed by atoms with van der Waals surface area (Å²) in [6, 6.07) is 5.46. The smallest absolute Gasteiger partial charge is 0.407 e. The molecule has 1 aromatic carbocycles. The summed E-state index contributed by atoms with van der Waals surface area (Å²) < 4.78 is 17.8. The molecule has 0 saturated carbocycles. The lowest BCUT2D eigenvalue weighted by Crippen LogP contribution is -2.42. The molecule has 5 nitrogen and oxygen atoms in total. The Balaban J connectivity index is 1.88. The molecule has 2 amide bonds. The van der Waals surface area contributed by atoms with Crippen LogP contribution in [0, 0.1) is 5.82 Å². The standard InChI is InChI=1S/C11H11FN2O3/c12-8-4-2-1-3-7(8)5-13-10(15)9-6-17-11(16)14-9/h1-4,9H,5-6H2,(H,13,15)(H,14,16). The maximum absolute atomic E-state index is 13.2. The second-order valence-electron chi connectivity index (χ2n) is 3.60. The van der Waals surface area contributed by atoms with Gasteiger partial charge in [0.2, 0.25) is 5.91 Å². The Hall–Kier alpha value is -2.11. The fourth-order valence-corrected chi connectivity index (χ4v) is 1.47. The number of alkyl carbamates (subject to hydrolysis) is 1. The third-order valence-corrected chi connectivity index (χ3v) is 2.40. The monoisotopic (exact) mass is 238 g/mol. The van der Waals surface area contributed by atoms with E-state index in [0.717, 1.165) is 0 Å². The van der Waals surface area contributed by atoms with Crippen LogP contribution in [-0.2, 0) is 16.1 Å². The lowest BCUT2D eigenvalue weighted by Gasteiger charge is -2.09. The van der Waals surface area contributed by atoms with Gasteiger partial charge in [0.15, 0.2) is 0 Å². The topological polar surface area (TPSA) is 67.4 Å². The Labute approximate surface area is 97.0 Å². The number of carbonyl (C=O) groups is 2. The number of ether oxygens (including phenoxy) is 1. The van der Waals surface area contributed by atoms with Gasteiger partial charge in [0.25, 0.3) is 0 Å². The van der Waals surface area contributed by atoms with Gasteiger partial charge < -0.3 is 15.4 Å². The maximum atomic E-state index is 13.2. The number of hydrogen-bond donors (Lipinski definition) is 2. The first-order chi connectivity index (χ1) is 8.16. The molecule has 1 fully saturated rings.